The Labute approximate surface area is 155 Å². The Kier molecular flexibility index (Phi) is 4.81. The lowest BCUT2D eigenvalue weighted by Crippen LogP contribution is -2.24. The molecule has 1 aromatic heterocycles. The van der Waals surface area contributed by atoms with Crippen molar-refractivity contribution in [1.29, 1.82) is 0 Å². The summed E-state index contributed by atoms with van der Waals surface area (Å²) in [7, 11) is 0. The van der Waals surface area contributed by atoms with Gasteiger partial charge in [-0.2, -0.15) is 0 Å². The number of benzene rings is 2. The number of H-pyrrole nitrogens is 1. The molecule has 2 aromatic carbocycles. The van der Waals surface area contributed by atoms with Gasteiger partial charge in [0.05, 0.1) is 0 Å². The van der Waals surface area contributed by atoms with E-state index in [-0.39, 0.29) is 16.8 Å². The summed E-state index contributed by atoms with van der Waals surface area (Å²) in [5.41, 5.74) is -5.43. The predicted molar refractivity (Wildman–Crippen MR) is 80.7 cm³/mol. The second-order valence-electron chi connectivity index (χ2n) is 5.75. The number of hydrogen-bond acceptors (Lipinski definition) is 2. The summed E-state index contributed by atoms with van der Waals surface area (Å²) in [6.45, 7) is 1.02. The van der Waals surface area contributed by atoms with Crippen LogP contribution in [0, 0.1) is 53.5 Å². The molecule has 0 spiro atoms. The molecule has 3 aromatic rings. The fourth-order valence-electron chi connectivity index (χ4n) is 2.59. The number of carbonyl (C=O) groups is 1. The van der Waals surface area contributed by atoms with Crippen molar-refractivity contribution in [2.45, 2.75) is 6.92 Å². The van der Waals surface area contributed by atoms with Crippen LogP contribution >= 0.6 is 0 Å². The molecule has 0 saturated carbocycles. The van der Waals surface area contributed by atoms with Crippen LogP contribution in [0.2, 0.25) is 0 Å². The van der Waals surface area contributed by atoms with Gasteiger partial charge in [0.1, 0.15) is 11.3 Å². The van der Waals surface area contributed by atoms with E-state index in [4.69, 9.17) is 0 Å². The quantitative estimate of drug-likeness (QED) is 0.302. The van der Waals surface area contributed by atoms with Gasteiger partial charge in [-0.25, -0.2) is 39.8 Å². The van der Waals surface area contributed by atoms with Gasteiger partial charge in [0.15, 0.2) is 40.7 Å². The number of rotatable bonds is 3. The highest BCUT2D eigenvalue weighted by Crippen LogP contribution is 2.25. The van der Waals surface area contributed by atoms with Crippen molar-refractivity contribution in [2.24, 2.45) is 0 Å². The van der Waals surface area contributed by atoms with Gasteiger partial charge in [-0.1, -0.05) is 0 Å². The number of nitrogens with zero attached hydrogens (tertiary/aromatic N) is 1. The molecule has 0 radical (unpaired) electrons. The zero-order valence-electron chi connectivity index (χ0n) is 13.9. The summed E-state index contributed by atoms with van der Waals surface area (Å²) in [5.74, 6) is -18.6. The summed E-state index contributed by atoms with van der Waals surface area (Å²) in [4.78, 5) is 24.9. The van der Waals surface area contributed by atoms with E-state index < -0.39 is 80.4 Å². The van der Waals surface area contributed by atoms with Crippen molar-refractivity contribution in [2.75, 3.05) is 0 Å². The summed E-state index contributed by atoms with van der Waals surface area (Å²) in [6.07, 6.45) is 0. The van der Waals surface area contributed by atoms with Crippen LogP contribution < -0.4 is 5.56 Å². The number of aromatic amines is 1. The largest absolute Gasteiger partial charge is 0.294 e. The van der Waals surface area contributed by atoms with Gasteiger partial charge in [0.25, 0.3) is 5.56 Å². The number of aryl methyl sites for hydroxylation is 1. The maximum absolute atomic E-state index is 14.0. The van der Waals surface area contributed by atoms with Gasteiger partial charge in [-0.05, 0) is 19.1 Å². The minimum Gasteiger partial charge on any atom is -0.294 e. The molecule has 0 bridgehead atoms. The highest BCUT2D eigenvalue weighted by atomic mass is 19.2. The lowest BCUT2D eigenvalue weighted by Gasteiger charge is -2.08. The molecule has 0 saturated heterocycles. The van der Waals surface area contributed by atoms with E-state index in [2.05, 4.69) is 0 Å². The van der Waals surface area contributed by atoms with Crippen LogP contribution in [0.25, 0.3) is 5.69 Å². The maximum Gasteiger partial charge on any atom is 0.282 e. The van der Waals surface area contributed by atoms with Gasteiger partial charge in [-0.15, -0.1) is 0 Å². The maximum atomic E-state index is 14.0. The Morgan fingerprint density at radius 1 is 0.793 bits per heavy atom. The van der Waals surface area contributed by atoms with E-state index in [0.29, 0.717) is 0 Å². The van der Waals surface area contributed by atoms with E-state index in [1.807, 2.05) is 5.10 Å². The minimum absolute atomic E-state index is 0.116. The average Bonchev–Trinajstić information content (AvgIpc) is 2.96. The highest BCUT2D eigenvalue weighted by molar-refractivity contribution is 6.09. The topological polar surface area (TPSA) is 54.9 Å². The van der Waals surface area contributed by atoms with Crippen molar-refractivity contribution in [1.82, 2.24) is 9.78 Å². The van der Waals surface area contributed by atoms with Crippen LogP contribution in [0.5, 0.6) is 0 Å². The molecule has 0 atom stereocenters. The number of nitrogens with one attached hydrogen (secondary N) is 1. The molecule has 1 N–H and O–H groups in total. The van der Waals surface area contributed by atoms with Gasteiger partial charge >= 0.3 is 0 Å². The average molecular weight is 422 g/mol. The Morgan fingerprint density at radius 2 is 1.24 bits per heavy atom. The van der Waals surface area contributed by atoms with Crippen LogP contribution in [-0.4, -0.2) is 15.6 Å². The number of halogens is 8. The molecule has 4 nitrogen and oxygen atoms in total. The van der Waals surface area contributed by atoms with Gasteiger partial charge in [0.2, 0.25) is 11.6 Å². The number of carbonyl (C=O) groups excluding carboxylic acids is 1. The van der Waals surface area contributed by atoms with Crippen LogP contribution in [0.15, 0.2) is 16.9 Å². The molecular weight excluding hydrogens is 416 g/mol. The van der Waals surface area contributed by atoms with Gasteiger partial charge in [0, 0.05) is 11.3 Å². The molecular formula is C17H6F8N2O2. The van der Waals surface area contributed by atoms with Crippen LogP contribution in [-0.2, 0) is 0 Å². The van der Waals surface area contributed by atoms with Crippen molar-refractivity contribution in [3.63, 3.8) is 0 Å². The van der Waals surface area contributed by atoms with E-state index in [9.17, 15) is 44.7 Å². The third kappa shape index (κ3) is 3.00. The van der Waals surface area contributed by atoms with E-state index in [1.54, 1.807) is 0 Å². The molecule has 0 aliphatic rings. The molecule has 0 aliphatic carbocycles. The van der Waals surface area contributed by atoms with Crippen molar-refractivity contribution >= 4 is 5.78 Å². The fraction of sp³-hybridized carbons (Fsp3) is 0.0588. The summed E-state index contributed by atoms with van der Waals surface area (Å²) < 4.78 is 108. The normalized spacial score (nSPS) is 11.2. The zero-order valence-corrected chi connectivity index (χ0v) is 13.9. The fourth-order valence-corrected chi connectivity index (χ4v) is 2.59. The summed E-state index contributed by atoms with van der Waals surface area (Å²) in [6, 6.07) is 0.546. The van der Waals surface area contributed by atoms with Crippen LogP contribution in [0.3, 0.4) is 0 Å². The summed E-state index contributed by atoms with van der Waals surface area (Å²) in [5, 5.41) is 1.96. The first-order valence-electron chi connectivity index (χ1n) is 7.50. The lowest BCUT2D eigenvalue weighted by molar-refractivity contribution is 0.103. The first-order valence-corrected chi connectivity index (χ1v) is 7.50. The summed E-state index contributed by atoms with van der Waals surface area (Å²) >= 11 is 0. The smallest absolute Gasteiger partial charge is 0.282 e. The highest BCUT2D eigenvalue weighted by Gasteiger charge is 2.30. The Hall–Kier alpha value is -3.44. The van der Waals surface area contributed by atoms with Crippen LogP contribution in [0.1, 0.15) is 21.6 Å². The Morgan fingerprint density at radius 3 is 1.72 bits per heavy atom. The van der Waals surface area contributed by atoms with Crippen molar-refractivity contribution < 1.29 is 39.9 Å². The molecule has 0 aliphatic heterocycles. The standard InChI is InChI=1S/C17H6F8N2O2/c1-4-8(16(28)5-2-6(18)9(20)7(19)3-5)17(29)27(26-4)15-13(24)11(22)10(21)12(23)14(15)25/h2-3,26H,1H3. The predicted octanol–water partition coefficient (Wildman–Crippen LogP) is 3.82. The van der Waals surface area contributed by atoms with E-state index >= 15 is 0 Å². The van der Waals surface area contributed by atoms with Gasteiger partial charge < -0.3 is 0 Å². The van der Waals surface area contributed by atoms with Crippen molar-refractivity contribution in [3.05, 3.63) is 85.8 Å². The second-order valence-corrected chi connectivity index (χ2v) is 5.75. The molecule has 29 heavy (non-hydrogen) atoms. The SMILES string of the molecule is Cc1[nH]n(-c2c(F)c(F)c(F)c(F)c2F)c(=O)c1C(=O)c1cc(F)c(F)c(F)c1. The number of hydrogen-bond donors (Lipinski definition) is 1. The molecule has 12 heteroatoms. The molecule has 0 unspecified atom stereocenters. The molecule has 1 heterocycles. The lowest BCUT2D eigenvalue weighted by atomic mass is 10.0. The van der Waals surface area contributed by atoms with Crippen LogP contribution in [0.4, 0.5) is 35.1 Å². The second kappa shape index (κ2) is 6.87. The Bertz CT molecular complexity index is 1190. The Balaban J connectivity index is 2.24. The van der Waals surface area contributed by atoms with Gasteiger partial charge in [-0.3, -0.25) is 14.7 Å². The molecule has 3 rings (SSSR count). The minimum atomic E-state index is -2.46. The number of aromatic nitrogens is 2. The van der Waals surface area contributed by atoms with E-state index in [0.717, 1.165) is 6.92 Å². The zero-order chi connectivity index (χ0) is 21.8. The molecule has 152 valence electrons. The molecule has 0 fully saturated rings. The first-order chi connectivity index (χ1) is 13.5. The number of ketones is 1. The van der Waals surface area contributed by atoms with Crippen molar-refractivity contribution in [3.8, 4) is 5.69 Å². The van der Waals surface area contributed by atoms with E-state index in [1.165, 1.54) is 0 Å². The first kappa shape index (κ1) is 20.3. The third-order valence-electron chi connectivity index (χ3n) is 3.95. The molecule has 0 amide bonds. The monoisotopic (exact) mass is 422 g/mol. The third-order valence-corrected chi connectivity index (χ3v) is 3.95.